The maximum absolute atomic E-state index is 13.5. The Labute approximate surface area is 97.1 Å². The van der Waals surface area contributed by atoms with Gasteiger partial charge in [-0.25, -0.2) is 4.39 Å². The largest absolute Gasteiger partial charge is 0.310 e. The van der Waals surface area contributed by atoms with E-state index in [1.807, 2.05) is 19.1 Å². The molecule has 88 valence electrons. The van der Waals surface area contributed by atoms with Crippen molar-refractivity contribution in [1.82, 2.24) is 5.32 Å². The minimum atomic E-state index is -0.0937. The number of aryl methyl sites for hydroxylation is 1. The highest BCUT2D eigenvalue weighted by molar-refractivity contribution is 5.24. The molecule has 0 aliphatic heterocycles. The van der Waals surface area contributed by atoms with Gasteiger partial charge in [0.05, 0.1) is 0 Å². The number of nitrogens with one attached hydrogen (secondary N) is 1. The molecule has 1 fully saturated rings. The Morgan fingerprint density at radius 2 is 2.19 bits per heavy atom. The second-order valence-corrected chi connectivity index (χ2v) is 4.99. The maximum Gasteiger partial charge on any atom is 0.127 e. The summed E-state index contributed by atoms with van der Waals surface area (Å²) in [4.78, 5) is 0. The summed E-state index contributed by atoms with van der Waals surface area (Å²) in [5, 5.41) is 3.48. The molecular weight excluding hydrogens is 201 g/mol. The quantitative estimate of drug-likeness (QED) is 0.824. The van der Waals surface area contributed by atoms with Gasteiger partial charge in [-0.05, 0) is 31.7 Å². The van der Waals surface area contributed by atoms with Crippen LogP contribution in [0.5, 0.6) is 0 Å². The van der Waals surface area contributed by atoms with Crippen molar-refractivity contribution in [2.24, 2.45) is 5.92 Å². The molecule has 2 atom stereocenters. The van der Waals surface area contributed by atoms with E-state index in [0.717, 1.165) is 17.0 Å². The topological polar surface area (TPSA) is 12.0 Å². The molecule has 1 aliphatic carbocycles. The summed E-state index contributed by atoms with van der Waals surface area (Å²) in [5.74, 6) is 0.636. The van der Waals surface area contributed by atoms with Crippen molar-refractivity contribution in [2.75, 3.05) is 0 Å². The lowest BCUT2D eigenvalue weighted by Crippen LogP contribution is -2.30. The highest BCUT2D eigenvalue weighted by Crippen LogP contribution is 2.25. The summed E-state index contributed by atoms with van der Waals surface area (Å²) in [6, 6.07) is 5.88. The van der Waals surface area contributed by atoms with Crippen LogP contribution in [0.2, 0.25) is 0 Å². The van der Waals surface area contributed by atoms with Crippen LogP contribution in [0.15, 0.2) is 18.2 Å². The van der Waals surface area contributed by atoms with Gasteiger partial charge in [0, 0.05) is 18.2 Å². The Morgan fingerprint density at radius 1 is 1.38 bits per heavy atom. The molecule has 1 aliphatic rings. The molecule has 0 spiro atoms. The summed E-state index contributed by atoms with van der Waals surface area (Å²) in [5.41, 5.74) is 1.91. The van der Waals surface area contributed by atoms with E-state index >= 15 is 0 Å². The minimum Gasteiger partial charge on any atom is -0.310 e. The molecule has 1 nitrogen and oxygen atoms in total. The Balaban J connectivity index is 1.96. The second kappa shape index (κ2) is 4.96. The Kier molecular flexibility index (Phi) is 3.59. The van der Waals surface area contributed by atoms with Crippen molar-refractivity contribution < 1.29 is 4.39 Å². The zero-order valence-electron chi connectivity index (χ0n) is 10.1. The van der Waals surface area contributed by atoms with Gasteiger partial charge in [0.2, 0.25) is 0 Å². The Hall–Kier alpha value is -0.890. The molecule has 0 aromatic heterocycles. The van der Waals surface area contributed by atoms with E-state index in [9.17, 15) is 4.39 Å². The van der Waals surface area contributed by atoms with Crippen molar-refractivity contribution in [3.8, 4) is 0 Å². The van der Waals surface area contributed by atoms with Gasteiger partial charge in [-0.1, -0.05) is 31.0 Å². The molecule has 1 N–H and O–H groups in total. The summed E-state index contributed by atoms with van der Waals surface area (Å²) >= 11 is 0. The van der Waals surface area contributed by atoms with Gasteiger partial charge >= 0.3 is 0 Å². The van der Waals surface area contributed by atoms with Gasteiger partial charge in [0.25, 0.3) is 0 Å². The monoisotopic (exact) mass is 221 g/mol. The molecule has 0 saturated heterocycles. The zero-order valence-corrected chi connectivity index (χ0v) is 10.1. The molecule has 1 aromatic carbocycles. The number of rotatable bonds is 3. The van der Waals surface area contributed by atoms with E-state index < -0.39 is 0 Å². The molecule has 0 radical (unpaired) electrons. The Bertz CT molecular complexity index is 362. The second-order valence-electron chi connectivity index (χ2n) is 4.99. The third kappa shape index (κ3) is 2.62. The van der Waals surface area contributed by atoms with Gasteiger partial charge in [-0.3, -0.25) is 0 Å². The zero-order chi connectivity index (χ0) is 11.5. The smallest absolute Gasteiger partial charge is 0.127 e. The van der Waals surface area contributed by atoms with E-state index in [1.165, 1.54) is 19.3 Å². The van der Waals surface area contributed by atoms with Crippen molar-refractivity contribution in [3.05, 3.63) is 35.1 Å². The highest BCUT2D eigenvalue weighted by atomic mass is 19.1. The van der Waals surface area contributed by atoms with Gasteiger partial charge in [-0.15, -0.1) is 0 Å². The SMILES string of the molecule is Cc1ccc(F)c(CNC2CCCC2C)c1. The summed E-state index contributed by atoms with van der Waals surface area (Å²) in [6.45, 7) is 4.93. The minimum absolute atomic E-state index is 0.0937. The fourth-order valence-corrected chi connectivity index (χ4v) is 2.53. The van der Waals surface area contributed by atoms with Gasteiger partial charge in [0.1, 0.15) is 5.82 Å². The average Bonchev–Trinajstić information content (AvgIpc) is 2.66. The van der Waals surface area contributed by atoms with Crippen LogP contribution in [0.3, 0.4) is 0 Å². The fourth-order valence-electron chi connectivity index (χ4n) is 2.53. The number of benzene rings is 1. The first-order chi connectivity index (χ1) is 7.66. The van der Waals surface area contributed by atoms with Crippen LogP contribution < -0.4 is 5.32 Å². The first-order valence-corrected chi connectivity index (χ1v) is 6.15. The lowest BCUT2D eigenvalue weighted by Gasteiger charge is -2.17. The Morgan fingerprint density at radius 3 is 2.88 bits per heavy atom. The maximum atomic E-state index is 13.5. The van der Waals surface area contributed by atoms with Crippen molar-refractivity contribution in [1.29, 1.82) is 0 Å². The van der Waals surface area contributed by atoms with E-state index in [2.05, 4.69) is 12.2 Å². The number of halogens is 1. The molecule has 1 saturated carbocycles. The first-order valence-electron chi connectivity index (χ1n) is 6.15. The van der Waals surface area contributed by atoms with Crippen LogP contribution in [-0.2, 0) is 6.54 Å². The van der Waals surface area contributed by atoms with Gasteiger partial charge in [0.15, 0.2) is 0 Å². The lowest BCUT2D eigenvalue weighted by atomic mass is 10.1. The van der Waals surface area contributed by atoms with Crippen molar-refractivity contribution in [2.45, 2.75) is 45.7 Å². The normalized spacial score (nSPS) is 24.9. The summed E-state index contributed by atoms with van der Waals surface area (Å²) in [6.07, 6.45) is 3.83. The third-order valence-corrected chi connectivity index (χ3v) is 3.62. The molecule has 1 aromatic rings. The van der Waals surface area contributed by atoms with Crippen molar-refractivity contribution in [3.63, 3.8) is 0 Å². The van der Waals surface area contributed by atoms with Crippen LogP contribution >= 0.6 is 0 Å². The molecule has 0 bridgehead atoms. The standard InChI is InChI=1S/C14H20FN/c1-10-6-7-13(15)12(8-10)9-16-14-5-3-4-11(14)2/h6-8,11,14,16H,3-5,9H2,1-2H3. The molecule has 0 amide bonds. The summed E-state index contributed by atoms with van der Waals surface area (Å²) in [7, 11) is 0. The van der Waals surface area contributed by atoms with E-state index in [0.29, 0.717) is 12.6 Å². The summed E-state index contributed by atoms with van der Waals surface area (Å²) < 4.78 is 13.5. The van der Waals surface area contributed by atoms with Crippen molar-refractivity contribution >= 4 is 0 Å². The van der Waals surface area contributed by atoms with Crippen LogP contribution in [0.1, 0.15) is 37.3 Å². The predicted octanol–water partition coefficient (Wildman–Crippen LogP) is 3.41. The average molecular weight is 221 g/mol. The van der Waals surface area contributed by atoms with Gasteiger partial charge < -0.3 is 5.32 Å². The van der Waals surface area contributed by atoms with Gasteiger partial charge in [-0.2, -0.15) is 0 Å². The third-order valence-electron chi connectivity index (χ3n) is 3.62. The number of hydrogen-bond donors (Lipinski definition) is 1. The molecule has 16 heavy (non-hydrogen) atoms. The predicted molar refractivity (Wildman–Crippen MR) is 64.8 cm³/mol. The molecule has 2 rings (SSSR count). The number of hydrogen-bond acceptors (Lipinski definition) is 1. The molecule has 2 unspecified atom stereocenters. The van der Waals surface area contributed by atoms with Crippen LogP contribution in [-0.4, -0.2) is 6.04 Å². The van der Waals surface area contributed by atoms with E-state index in [4.69, 9.17) is 0 Å². The highest BCUT2D eigenvalue weighted by Gasteiger charge is 2.22. The molecular formula is C14H20FN. The van der Waals surface area contributed by atoms with E-state index in [1.54, 1.807) is 6.07 Å². The molecule has 2 heteroatoms. The van der Waals surface area contributed by atoms with Crippen LogP contribution in [0.25, 0.3) is 0 Å². The molecule has 0 heterocycles. The fraction of sp³-hybridized carbons (Fsp3) is 0.571. The lowest BCUT2D eigenvalue weighted by molar-refractivity contribution is 0.421. The van der Waals surface area contributed by atoms with Crippen LogP contribution in [0.4, 0.5) is 4.39 Å². The van der Waals surface area contributed by atoms with Crippen LogP contribution in [0, 0.1) is 18.7 Å². The first kappa shape index (κ1) is 11.6. The van der Waals surface area contributed by atoms with E-state index in [-0.39, 0.29) is 5.82 Å².